The SMILES string of the molecule is CCNC(=NCc1cc(OC)c(OC)cc1Br)NCC(C)(O)c1ccco1.I. The number of benzene rings is 1. The predicted octanol–water partition coefficient (Wildman–Crippen LogP) is 3.64. The number of nitrogens with one attached hydrogen (secondary N) is 2. The number of hydrogen-bond donors (Lipinski definition) is 3. The summed E-state index contributed by atoms with van der Waals surface area (Å²) in [5.74, 6) is 2.38. The fourth-order valence-electron chi connectivity index (χ4n) is 2.45. The van der Waals surface area contributed by atoms with Crippen LogP contribution in [0.2, 0.25) is 0 Å². The highest BCUT2D eigenvalue weighted by molar-refractivity contribution is 14.0. The zero-order valence-electron chi connectivity index (χ0n) is 16.4. The van der Waals surface area contributed by atoms with Crippen molar-refractivity contribution in [1.29, 1.82) is 0 Å². The minimum Gasteiger partial charge on any atom is -0.493 e. The lowest BCUT2D eigenvalue weighted by Crippen LogP contribution is -2.44. The third-order valence-corrected chi connectivity index (χ3v) is 4.69. The summed E-state index contributed by atoms with van der Waals surface area (Å²) in [7, 11) is 3.20. The van der Waals surface area contributed by atoms with E-state index in [9.17, 15) is 5.11 Å². The molecule has 0 saturated heterocycles. The molecule has 2 rings (SSSR count). The van der Waals surface area contributed by atoms with Crippen molar-refractivity contribution in [3.8, 4) is 11.5 Å². The highest BCUT2D eigenvalue weighted by atomic mass is 127. The Hall–Kier alpha value is -1.46. The molecule has 7 nitrogen and oxygen atoms in total. The fourth-order valence-corrected chi connectivity index (χ4v) is 2.90. The average molecular weight is 568 g/mol. The van der Waals surface area contributed by atoms with Gasteiger partial charge < -0.3 is 29.6 Å². The molecular formula is C19H27BrIN3O4. The van der Waals surface area contributed by atoms with E-state index in [0.717, 1.165) is 10.0 Å². The first kappa shape index (κ1) is 24.6. The molecule has 1 aromatic heterocycles. The van der Waals surface area contributed by atoms with Crippen molar-refractivity contribution in [3.63, 3.8) is 0 Å². The van der Waals surface area contributed by atoms with Crippen LogP contribution in [0.15, 0.2) is 44.4 Å². The standard InChI is InChI=1S/C19H26BrN3O4.HI/c1-5-21-18(23-12-19(2,24)17-7-6-8-27-17)22-11-13-9-15(25-3)16(26-4)10-14(13)20;/h6-10,24H,5,11-12H2,1-4H3,(H2,21,22,23);1H. The molecule has 156 valence electrons. The van der Waals surface area contributed by atoms with Crippen LogP contribution in [-0.2, 0) is 12.1 Å². The van der Waals surface area contributed by atoms with E-state index in [1.807, 2.05) is 19.1 Å². The number of aliphatic imine (C=N–C) groups is 1. The van der Waals surface area contributed by atoms with Crippen molar-refractivity contribution in [2.24, 2.45) is 4.99 Å². The molecule has 0 aliphatic carbocycles. The maximum Gasteiger partial charge on any atom is 0.191 e. The number of methoxy groups -OCH3 is 2. The molecule has 0 fully saturated rings. The van der Waals surface area contributed by atoms with Crippen LogP contribution in [0.5, 0.6) is 11.5 Å². The largest absolute Gasteiger partial charge is 0.493 e. The van der Waals surface area contributed by atoms with Crippen LogP contribution in [0.1, 0.15) is 25.2 Å². The van der Waals surface area contributed by atoms with E-state index in [1.54, 1.807) is 33.3 Å². The second kappa shape index (κ2) is 11.5. The van der Waals surface area contributed by atoms with Crippen LogP contribution in [0, 0.1) is 0 Å². The van der Waals surface area contributed by atoms with Crippen LogP contribution >= 0.6 is 39.9 Å². The van der Waals surface area contributed by atoms with E-state index < -0.39 is 5.60 Å². The first-order chi connectivity index (χ1) is 12.9. The Morgan fingerprint density at radius 3 is 2.50 bits per heavy atom. The summed E-state index contributed by atoms with van der Waals surface area (Å²) in [5.41, 5.74) is -0.202. The molecule has 0 aliphatic rings. The molecule has 1 unspecified atom stereocenters. The number of furan rings is 1. The third-order valence-electron chi connectivity index (χ3n) is 3.96. The van der Waals surface area contributed by atoms with Gasteiger partial charge in [0.1, 0.15) is 11.4 Å². The van der Waals surface area contributed by atoms with Gasteiger partial charge in [0, 0.05) is 11.0 Å². The van der Waals surface area contributed by atoms with Gasteiger partial charge in [0.2, 0.25) is 0 Å². The first-order valence-corrected chi connectivity index (χ1v) is 9.39. The first-order valence-electron chi connectivity index (χ1n) is 8.60. The number of halogens is 2. The Balaban J connectivity index is 0.00000392. The Morgan fingerprint density at radius 1 is 1.25 bits per heavy atom. The van der Waals surface area contributed by atoms with Gasteiger partial charge in [-0.25, -0.2) is 4.99 Å². The summed E-state index contributed by atoms with van der Waals surface area (Å²) in [6.07, 6.45) is 1.54. The highest BCUT2D eigenvalue weighted by Crippen LogP contribution is 2.33. The van der Waals surface area contributed by atoms with E-state index in [2.05, 4.69) is 31.6 Å². The van der Waals surface area contributed by atoms with Gasteiger partial charge in [-0.2, -0.15) is 0 Å². The van der Waals surface area contributed by atoms with Gasteiger partial charge >= 0.3 is 0 Å². The van der Waals surface area contributed by atoms with Crippen molar-refractivity contribution in [2.45, 2.75) is 26.0 Å². The maximum absolute atomic E-state index is 10.6. The van der Waals surface area contributed by atoms with Crippen molar-refractivity contribution >= 4 is 45.9 Å². The Kier molecular flexibility index (Phi) is 10.1. The van der Waals surface area contributed by atoms with Gasteiger partial charge in [-0.15, -0.1) is 24.0 Å². The fraction of sp³-hybridized carbons (Fsp3) is 0.421. The van der Waals surface area contributed by atoms with Crippen LogP contribution in [-0.4, -0.2) is 38.4 Å². The molecule has 2 aromatic rings. The zero-order chi connectivity index (χ0) is 19.9. The molecule has 0 saturated carbocycles. The number of guanidine groups is 1. The van der Waals surface area contributed by atoms with Gasteiger partial charge in [-0.3, -0.25) is 0 Å². The predicted molar refractivity (Wildman–Crippen MR) is 124 cm³/mol. The van der Waals surface area contributed by atoms with E-state index in [0.29, 0.717) is 36.3 Å². The van der Waals surface area contributed by atoms with Gasteiger partial charge in [0.05, 0.1) is 33.6 Å². The van der Waals surface area contributed by atoms with Crippen molar-refractivity contribution in [3.05, 3.63) is 46.3 Å². The van der Waals surface area contributed by atoms with E-state index in [-0.39, 0.29) is 30.5 Å². The molecule has 0 amide bonds. The van der Waals surface area contributed by atoms with Gasteiger partial charge in [-0.1, -0.05) is 15.9 Å². The van der Waals surface area contributed by atoms with Gasteiger partial charge in [0.15, 0.2) is 17.5 Å². The summed E-state index contributed by atoms with van der Waals surface area (Å²) in [6.45, 7) is 5.03. The molecule has 0 spiro atoms. The van der Waals surface area contributed by atoms with Crippen LogP contribution < -0.4 is 20.1 Å². The highest BCUT2D eigenvalue weighted by Gasteiger charge is 2.26. The number of rotatable bonds is 8. The molecule has 1 atom stereocenters. The summed E-state index contributed by atoms with van der Waals surface area (Å²) >= 11 is 3.54. The van der Waals surface area contributed by atoms with Gasteiger partial charge in [-0.05, 0) is 43.7 Å². The molecule has 28 heavy (non-hydrogen) atoms. The lowest BCUT2D eigenvalue weighted by atomic mass is 10.0. The lowest BCUT2D eigenvalue weighted by molar-refractivity contribution is 0.0386. The van der Waals surface area contributed by atoms with Crippen molar-refractivity contribution in [1.82, 2.24) is 10.6 Å². The summed E-state index contributed by atoms with van der Waals surface area (Å²) < 4.78 is 16.8. The van der Waals surface area contributed by atoms with Crippen LogP contribution in [0.25, 0.3) is 0 Å². The number of hydrogen-bond acceptors (Lipinski definition) is 5. The molecule has 1 aromatic carbocycles. The maximum atomic E-state index is 10.6. The average Bonchev–Trinajstić information content (AvgIpc) is 3.20. The minimum atomic E-state index is -1.15. The molecule has 0 radical (unpaired) electrons. The Bertz CT molecular complexity index is 767. The summed E-state index contributed by atoms with van der Waals surface area (Å²) in [6, 6.07) is 7.23. The van der Waals surface area contributed by atoms with E-state index in [4.69, 9.17) is 13.9 Å². The van der Waals surface area contributed by atoms with E-state index in [1.165, 1.54) is 6.26 Å². The molecule has 9 heteroatoms. The van der Waals surface area contributed by atoms with Crippen LogP contribution in [0.3, 0.4) is 0 Å². The normalized spacial score (nSPS) is 13.3. The second-order valence-corrected chi connectivity index (χ2v) is 6.95. The van der Waals surface area contributed by atoms with Crippen LogP contribution in [0.4, 0.5) is 0 Å². The zero-order valence-corrected chi connectivity index (χ0v) is 20.3. The lowest BCUT2D eigenvalue weighted by Gasteiger charge is -2.22. The molecular weight excluding hydrogens is 541 g/mol. The number of ether oxygens (including phenoxy) is 2. The molecule has 0 bridgehead atoms. The summed E-state index contributed by atoms with van der Waals surface area (Å²) in [5, 5.41) is 16.9. The van der Waals surface area contributed by atoms with E-state index >= 15 is 0 Å². The number of nitrogens with zero attached hydrogens (tertiary/aromatic N) is 1. The quantitative estimate of drug-likeness (QED) is 0.256. The Morgan fingerprint density at radius 2 is 1.93 bits per heavy atom. The molecule has 0 aliphatic heterocycles. The second-order valence-electron chi connectivity index (χ2n) is 6.10. The van der Waals surface area contributed by atoms with Gasteiger partial charge in [0.25, 0.3) is 0 Å². The van der Waals surface area contributed by atoms with Crippen molar-refractivity contribution in [2.75, 3.05) is 27.3 Å². The summed E-state index contributed by atoms with van der Waals surface area (Å²) in [4.78, 5) is 4.59. The topological polar surface area (TPSA) is 88.3 Å². The monoisotopic (exact) mass is 567 g/mol. The molecule has 1 heterocycles. The van der Waals surface area contributed by atoms with Crippen molar-refractivity contribution < 1.29 is 19.0 Å². The minimum absolute atomic E-state index is 0. The smallest absolute Gasteiger partial charge is 0.191 e. The number of aliphatic hydroxyl groups is 1. The third kappa shape index (κ3) is 6.56. The molecule has 3 N–H and O–H groups in total. The Labute approximate surface area is 191 Å².